The molecule has 0 atom stereocenters. The quantitative estimate of drug-likeness (QED) is 0.817. The molecule has 0 saturated heterocycles. The first-order chi connectivity index (χ1) is 9.58. The summed E-state index contributed by atoms with van der Waals surface area (Å²) in [7, 11) is 2.07. The van der Waals surface area contributed by atoms with E-state index in [0.717, 1.165) is 21.2 Å². The van der Waals surface area contributed by atoms with Gasteiger partial charge in [0, 0.05) is 23.1 Å². The lowest BCUT2D eigenvalue weighted by molar-refractivity contribution is -0.0282. The van der Waals surface area contributed by atoms with Gasteiger partial charge in [0.2, 0.25) is 0 Å². The van der Waals surface area contributed by atoms with Crippen molar-refractivity contribution in [3.63, 3.8) is 0 Å². The first-order valence-electron chi connectivity index (χ1n) is 7.41. The number of carbonyl (C=O) groups is 1. The molecule has 0 unspecified atom stereocenters. The van der Waals surface area contributed by atoms with Gasteiger partial charge in [0.05, 0.1) is 6.54 Å². The van der Waals surface area contributed by atoms with E-state index in [4.69, 9.17) is 0 Å². The van der Waals surface area contributed by atoms with Crippen LogP contribution in [0.15, 0.2) is 16.6 Å². The maximum absolute atomic E-state index is 12.7. The standard InChI is InChI=1S/C16H21BrN2O/c1-11-8-13(17)9-12-10-19(16(20)15(11)12)18(2)14-6-4-3-5-7-14/h8-9,14H,3-7,10H2,1-2H3. The molecule has 108 valence electrons. The van der Waals surface area contributed by atoms with Crippen molar-refractivity contribution >= 4 is 21.8 Å². The van der Waals surface area contributed by atoms with Gasteiger partial charge in [-0.15, -0.1) is 0 Å². The number of rotatable bonds is 2. The molecule has 1 aromatic carbocycles. The SMILES string of the molecule is Cc1cc(Br)cc2c1C(=O)N(N(C)C1CCCCC1)C2. The minimum Gasteiger partial charge on any atom is -0.268 e. The number of amides is 1. The van der Waals surface area contributed by atoms with Gasteiger partial charge in [-0.05, 0) is 43.0 Å². The van der Waals surface area contributed by atoms with Crippen molar-refractivity contribution in [1.29, 1.82) is 0 Å². The average molecular weight is 337 g/mol. The third-order valence-corrected chi connectivity index (χ3v) is 5.09. The average Bonchev–Trinajstić information content (AvgIpc) is 2.76. The van der Waals surface area contributed by atoms with Gasteiger partial charge < -0.3 is 0 Å². The summed E-state index contributed by atoms with van der Waals surface area (Å²) in [5.74, 6) is 0.165. The fourth-order valence-electron chi connectivity index (χ4n) is 3.51. The van der Waals surface area contributed by atoms with E-state index >= 15 is 0 Å². The number of fused-ring (bicyclic) bond motifs is 1. The van der Waals surface area contributed by atoms with Gasteiger partial charge >= 0.3 is 0 Å². The zero-order valence-corrected chi connectivity index (χ0v) is 13.7. The highest BCUT2D eigenvalue weighted by atomic mass is 79.9. The highest BCUT2D eigenvalue weighted by Crippen LogP contribution is 2.32. The molecule has 0 aromatic heterocycles. The molecule has 2 aliphatic rings. The Bertz CT molecular complexity index is 538. The van der Waals surface area contributed by atoms with Gasteiger partial charge in [-0.1, -0.05) is 35.2 Å². The summed E-state index contributed by atoms with van der Waals surface area (Å²) in [5, 5.41) is 4.12. The number of benzene rings is 1. The Morgan fingerprint density at radius 3 is 2.65 bits per heavy atom. The van der Waals surface area contributed by atoms with Crippen LogP contribution in [-0.2, 0) is 6.54 Å². The van der Waals surface area contributed by atoms with E-state index in [2.05, 4.69) is 34.1 Å². The predicted molar refractivity (Wildman–Crippen MR) is 83.4 cm³/mol. The number of hydrogen-bond acceptors (Lipinski definition) is 2. The van der Waals surface area contributed by atoms with Crippen molar-refractivity contribution in [3.8, 4) is 0 Å². The van der Waals surface area contributed by atoms with Gasteiger partial charge in [0.1, 0.15) is 0 Å². The molecule has 0 spiro atoms. The minimum absolute atomic E-state index is 0.165. The van der Waals surface area contributed by atoms with Crippen molar-refractivity contribution in [2.75, 3.05) is 7.05 Å². The van der Waals surface area contributed by atoms with Crippen molar-refractivity contribution in [3.05, 3.63) is 33.3 Å². The van der Waals surface area contributed by atoms with E-state index in [1.807, 2.05) is 18.0 Å². The summed E-state index contributed by atoms with van der Waals surface area (Å²) in [6.45, 7) is 2.73. The topological polar surface area (TPSA) is 23.6 Å². The van der Waals surface area contributed by atoms with Crippen LogP contribution in [0.5, 0.6) is 0 Å². The first-order valence-corrected chi connectivity index (χ1v) is 8.21. The molecule has 3 nitrogen and oxygen atoms in total. The number of carbonyl (C=O) groups excluding carboxylic acids is 1. The second-order valence-electron chi connectivity index (χ2n) is 5.99. The molecule has 1 aromatic rings. The Morgan fingerprint density at radius 2 is 1.95 bits per heavy atom. The van der Waals surface area contributed by atoms with E-state index < -0.39 is 0 Å². The Hall–Kier alpha value is -0.870. The minimum atomic E-state index is 0.165. The molecule has 4 heteroatoms. The smallest absolute Gasteiger partial charge is 0.268 e. The number of aryl methyl sites for hydroxylation is 1. The molecular formula is C16H21BrN2O. The molecule has 1 aliphatic heterocycles. The van der Waals surface area contributed by atoms with Crippen LogP contribution in [-0.4, -0.2) is 29.0 Å². The lowest BCUT2D eigenvalue weighted by Gasteiger charge is -2.37. The summed E-state index contributed by atoms with van der Waals surface area (Å²) in [4.78, 5) is 12.7. The third kappa shape index (κ3) is 2.40. The van der Waals surface area contributed by atoms with Crippen LogP contribution in [0.2, 0.25) is 0 Å². The van der Waals surface area contributed by atoms with Gasteiger partial charge in [0.15, 0.2) is 0 Å². The summed E-state index contributed by atoms with van der Waals surface area (Å²) >= 11 is 3.53. The highest BCUT2D eigenvalue weighted by Gasteiger charge is 2.34. The van der Waals surface area contributed by atoms with E-state index in [-0.39, 0.29) is 5.91 Å². The van der Waals surface area contributed by atoms with E-state index in [0.29, 0.717) is 12.6 Å². The van der Waals surface area contributed by atoms with Crippen LogP contribution in [0.25, 0.3) is 0 Å². The fourth-order valence-corrected chi connectivity index (χ4v) is 4.13. The molecule has 0 radical (unpaired) electrons. The number of hydrazine groups is 1. The lowest BCUT2D eigenvalue weighted by atomic mass is 9.95. The molecular weight excluding hydrogens is 316 g/mol. The third-order valence-electron chi connectivity index (χ3n) is 4.63. The van der Waals surface area contributed by atoms with Gasteiger partial charge in [0.25, 0.3) is 5.91 Å². The second-order valence-corrected chi connectivity index (χ2v) is 6.90. The van der Waals surface area contributed by atoms with Crippen LogP contribution in [0.1, 0.15) is 53.6 Å². The summed E-state index contributed by atoms with van der Waals surface area (Å²) in [6.07, 6.45) is 6.33. The number of nitrogens with zero attached hydrogens (tertiary/aromatic N) is 2. The van der Waals surface area contributed by atoms with Gasteiger partial charge in [-0.3, -0.25) is 9.80 Å². The Kier molecular flexibility index (Phi) is 3.87. The molecule has 1 aliphatic carbocycles. The Labute approximate surface area is 129 Å². The summed E-state index contributed by atoms with van der Waals surface area (Å²) in [6, 6.07) is 4.63. The Balaban J connectivity index is 1.84. The zero-order chi connectivity index (χ0) is 14.3. The van der Waals surface area contributed by atoms with Crippen LogP contribution in [0.3, 0.4) is 0 Å². The van der Waals surface area contributed by atoms with Crippen LogP contribution < -0.4 is 0 Å². The molecule has 1 fully saturated rings. The van der Waals surface area contributed by atoms with Crippen molar-refractivity contribution in [2.24, 2.45) is 0 Å². The normalized spacial score (nSPS) is 19.8. The predicted octanol–water partition coefficient (Wildman–Crippen LogP) is 3.89. The highest BCUT2D eigenvalue weighted by molar-refractivity contribution is 9.10. The van der Waals surface area contributed by atoms with Crippen LogP contribution >= 0.6 is 15.9 Å². The van der Waals surface area contributed by atoms with Crippen molar-refractivity contribution < 1.29 is 4.79 Å². The molecule has 0 N–H and O–H groups in total. The number of halogens is 1. The summed E-state index contributed by atoms with van der Waals surface area (Å²) in [5.41, 5.74) is 3.11. The molecule has 1 heterocycles. The van der Waals surface area contributed by atoms with Crippen molar-refractivity contribution in [2.45, 2.75) is 51.6 Å². The van der Waals surface area contributed by atoms with E-state index in [9.17, 15) is 4.79 Å². The van der Waals surface area contributed by atoms with Crippen LogP contribution in [0, 0.1) is 6.92 Å². The lowest BCUT2D eigenvalue weighted by Crippen LogP contribution is -2.47. The molecule has 1 amide bonds. The Morgan fingerprint density at radius 1 is 1.25 bits per heavy atom. The maximum atomic E-state index is 12.7. The second kappa shape index (κ2) is 5.49. The molecule has 20 heavy (non-hydrogen) atoms. The van der Waals surface area contributed by atoms with Gasteiger partial charge in [-0.25, -0.2) is 5.01 Å². The van der Waals surface area contributed by atoms with E-state index in [1.54, 1.807) is 0 Å². The van der Waals surface area contributed by atoms with Crippen molar-refractivity contribution in [1.82, 2.24) is 10.0 Å². The number of hydrogen-bond donors (Lipinski definition) is 0. The largest absolute Gasteiger partial charge is 0.269 e. The molecule has 0 bridgehead atoms. The summed E-state index contributed by atoms with van der Waals surface area (Å²) < 4.78 is 1.06. The zero-order valence-electron chi connectivity index (χ0n) is 12.2. The maximum Gasteiger partial charge on any atom is 0.269 e. The van der Waals surface area contributed by atoms with Crippen LogP contribution in [0.4, 0.5) is 0 Å². The molecule has 3 rings (SSSR count). The fraction of sp³-hybridized carbons (Fsp3) is 0.562. The van der Waals surface area contributed by atoms with Gasteiger partial charge in [-0.2, -0.15) is 0 Å². The van der Waals surface area contributed by atoms with E-state index in [1.165, 1.54) is 32.1 Å². The first kappa shape index (κ1) is 14.1. The monoisotopic (exact) mass is 336 g/mol. The molecule has 1 saturated carbocycles.